The maximum Gasteiger partial charge on any atom is 0.338 e. The lowest BCUT2D eigenvalue weighted by atomic mass is 9.39. The monoisotopic (exact) mass is 378 g/mol. The van der Waals surface area contributed by atoms with Crippen molar-refractivity contribution in [2.75, 3.05) is 13.2 Å². The highest BCUT2D eigenvalue weighted by atomic mass is 16.6. The highest BCUT2D eigenvalue weighted by molar-refractivity contribution is 5.82. The molecule has 0 aromatic rings. The minimum absolute atomic E-state index is 0.0654. The Morgan fingerprint density at radius 1 is 1.00 bits per heavy atom. The molecule has 3 aliphatic heterocycles. The Hall–Kier alpha value is -1.14. The second kappa shape index (κ2) is 5.07. The van der Waals surface area contributed by atoms with Gasteiger partial charge in [0.25, 0.3) is 0 Å². The SMILES string of the molecule is C[C@@H]1C[C@@](C)(O)[C@@H]2[C@]3(CCC[C@]2(C)C(=O)OC3)[C@]12CC[C@]1(CCOC1=O)O2. The number of cyclic esters (lactones) is 2. The van der Waals surface area contributed by atoms with Crippen LogP contribution in [0.4, 0.5) is 0 Å². The number of carbonyl (C=O) groups is 2. The number of hydrogen-bond donors (Lipinski definition) is 1. The molecule has 1 N–H and O–H groups in total. The van der Waals surface area contributed by atoms with Gasteiger partial charge in [0.05, 0.1) is 23.2 Å². The first-order valence-electron chi connectivity index (χ1n) is 10.4. The predicted molar refractivity (Wildman–Crippen MR) is 94.6 cm³/mol. The Bertz CT molecular complexity index is 717. The zero-order chi connectivity index (χ0) is 19.3. The fourth-order valence-corrected chi connectivity index (χ4v) is 8.05. The summed E-state index contributed by atoms with van der Waals surface area (Å²) in [5.74, 6) is -0.601. The minimum Gasteiger partial charge on any atom is -0.465 e. The first-order valence-corrected chi connectivity index (χ1v) is 10.4. The van der Waals surface area contributed by atoms with Gasteiger partial charge >= 0.3 is 11.9 Å². The van der Waals surface area contributed by atoms with Crippen LogP contribution < -0.4 is 0 Å². The van der Waals surface area contributed by atoms with E-state index in [1.165, 1.54) is 0 Å². The maximum atomic E-state index is 12.8. The van der Waals surface area contributed by atoms with Gasteiger partial charge in [0.2, 0.25) is 0 Å². The molecule has 2 aliphatic carbocycles. The van der Waals surface area contributed by atoms with Crippen LogP contribution in [-0.2, 0) is 23.8 Å². The highest BCUT2D eigenvalue weighted by Crippen LogP contribution is 2.72. The van der Waals surface area contributed by atoms with Gasteiger partial charge in [-0.15, -0.1) is 0 Å². The third-order valence-electron chi connectivity index (χ3n) is 8.80. The average molecular weight is 378 g/mol. The molecule has 0 aromatic heterocycles. The van der Waals surface area contributed by atoms with Crippen molar-refractivity contribution in [3.05, 3.63) is 0 Å². The summed E-state index contributed by atoms with van der Waals surface area (Å²) in [6.07, 6.45) is 5.05. The number of ether oxygens (including phenoxy) is 3. The van der Waals surface area contributed by atoms with Crippen molar-refractivity contribution in [1.82, 2.24) is 0 Å². The van der Waals surface area contributed by atoms with Crippen molar-refractivity contribution in [1.29, 1.82) is 0 Å². The van der Waals surface area contributed by atoms with Crippen molar-refractivity contribution in [3.8, 4) is 0 Å². The lowest BCUT2D eigenvalue weighted by Crippen LogP contribution is -2.76. The van der Waals surface area contributed by atoms with Gasteiger partial charge in [0, 0.05) is 17.8 Å². The van der Waals surface area contributed by atoms with Crippen LogP contribution in [0.1, 0.15) is 65.7 Å². The molecule has 2 saturated carbocycles. The second-order valence-electron chi connectivity index (χ2n) is 10.3. The van der Waals surface area contributed by atoms with E-state index in [4.69, 9.17) is 14.2 Å². The minimum atomic E-state index is -0.964. The van der Waals surface area contributed by atoms with E-state index in [1.807, 2.05) is 13.8 Å². The molecule has 3 saturated heterocycles. The Kier molecular flexibility index (Phi) is 3.36. The van der Waals surface area contributed by atoms with Crippen LogP contribution in [0, 0.1) is 22.7 Å². The molecule has 150 valence electrons. The molecule has 0 unspecified atom stereocenters. The zero-order valence-corrected chi connectivity index (χ0v) is 16.5. The van der Waals surface area contributed by atoms with Crippen LogP contribution in [0.15, 0.2) is 0 Å². The summed E-state index contributed by atoms with van der Waals surface area (Å²) in [6.45, 7) is 6.65. The molecule has 0 aromatic carbocycles. The van der Waals surface area contributed by atoms with Crippen molar-refractivity contribution in [2.45, 2.75) is 82.5 Å². The van der Waals surface area contributed by atoms with Gasteiger partial charge < -0.3 is 19.3 Å². The van der Waals surface area contributed by atoms with E-state index in [0.29, 0.717) is 25.9 Å². The van der Waals surface area contributed by atoms with Crippen molar-refractivity contribution < 1.29 is 28.9 Å². The first-order chi connectivity index (χ1) is 12.6. The van der Waals surface area contributed by atoms with Crippen LogP contribution in [0.5, 0.6) is 0 Å². The smallest absolute Gasteiger partial charge is 0.338 e. The normalized spacial score (nSPS) is 56.9. The standard InChI is InChI=1S/C21H30O6/c1-13-11-18(3,24)14-17(2)5-4-6-19(14,12-26-15(17)22)21(13)8-7-20(27-21)9-10-25-16(20)23/h13-14,24H,4-12H2,1-3H3/t13-,14-,17+,18-,19-,20-,21+/m1/s1. The molecule has 2 spiro atoms. The predicted octanol–water partition coefficient (Wildman–Crippen LogP) is 2.36. The van der Waals surface area contributed by atoms with Crippen LogP contribution in [0.3, 0.4) is 0 Å². The van der Waals surface area contributed by atoms with Crippen LogP contribution in [0.25, 0.3) is 0 Å². The molecule has 5 fully saturated rings. The first kappa shape index (κ1) is 17.9. The molecular formula is C21H30O6. The third kappa shape index (κ3) is 1.89. The number of esters is 2. The molecule has 27 heavy (non-hydrogen) atoms. The van der Waals surface area contributed by atoms with Crippen LogP contribution >= 0.6 is 0 Å². The summed E-state index contributed by atoms with van der Waals surface area (Å²) in [4.78, 5) is 25.3. The van der Waals surface area contributed by atoms with E-state index in [9.17, 15) is 14.7 Å². The van der Waals surface area contributed by atoms with E-state index in [0.717, 1.165) is 25.7 Å². The van der Waals surface area contributed by atoms with Crippen LogP contribution in [-0.4, -0.2) is 47.1 Å². The lowest BCUT2D eigenvalue weighted by molar-refractivity contribution is -0.321. The van der Waals surface area contributed by atoms with Gasteiger partial charge in [0.15, 0.2) is 5.60 Å². The second-order valence-corrected chi connectivity index (χ2v) is 10.3. The van der Waals surface area contributed by atoms with E-state index < -0.39 is 27.6 Å². The van der Waals surface area contributed by atoms with E-state index in [-0.39, 0.29) is 30.4 Å². The summed E-state index contributed by atoms with van der Waals surface area (Å²) >= 11 is 0. The largest absolute Gasteiger partial charge is 0.465 e. The van der Waals surface area contributed by atoms with E-state index in [1.54, 1.807) is 0 Å². The quantitative estimate of drug-likeness (QED) is 0.652. The third-order valence-corrected chi connectivity index (χ3v) is 8.80. The summed E-state index contributed by atoms with van der Waals surface area (Å²) in [5.41, 5.74) is -3.55. The molecule has 5 aliphatic rings. The summed E-state index contributed by atoms with van der Waals surface area (Å²) in [5, 5.41) is 11.5. The van der Waals surface area contributed by atoms with Gasteiger partial charge in [-0.25, -0.2) is 4.79 Å². The molecule has 7 atom stereocenters. The Morgan fingerprint density at radius 3 is 2.48 bits per heavy atom. The Balaban J connectivity index is 1.67. The van der Waals surface area contributed by atoms with Gasteiger partial charge in [-0.3, -0.25) is 4.79 Å². The maximum absolute atomic E-state index is 12.8. The Labute approximate surface area is 159 Å². The van der Waals surface area contributed by atoms with Crippen molar-refractivity contribution in [3.63, 3.8) is 0 Å². The Morgan fingerprint density at radius 2 is 1.78 bits per heavy atom. The average Bonchev–Trinajstić information content (AvgIpc) is 3.15. The molecule has 2 bridgehead atoms. The summed E-state index contributed by atoms with van der Waals surface area (Å²) in [7, 11) is 0. The van der Waals surface area contributed by atoms with E-state index >= 15 is 0 Å². The van der Waals surface area contributed by atoms with Gasteiger partial charge in [0.1, 0.15) is 6.61 Å². The van der Waals surface area contributed by atoms with Crippen LogP contribution in [0.2, 0.25) is 0 Å². The number of carbonyl (C=O) groups excluding carboxylic acids is 2. The fourth-order valence-electron chi connectivity index (χ4n) is 8.05. The molecule has 0 radical (unpaired) electrons. The number of hydrogen-bond acceptors (Lipinski definition) is 6. The molecular weight excluding hydrogens is 348 g/mol. The zero-order valence-electron chi connectivity index (χ0n) is 16.5. The summed E-state index contributed by atoms with van der Waals surface area (Å²) in [6, 6.07) is 0. The summed E-state index contributed by atoms with van der Waals surface area (Å²) < 4.78 is 17.9. The number of rotatable bonds is 0. The fraction of sp³-hybridized carbons (Fsp3) is 0.905. The van der Waals surface area contributed by atoms with Crippen molar-refractivity contribution >= 4 is 11.9 Å². The topological polar surface area (TPSA) is 82.1 Å². The molecule has 6 nitrogen and oxygen atoms in total. The lowest BCUT2D eigenvalue weighted by Gasteiger charge is -2.69. The van der Waals surface area contributed by atoms with Gasteiger partial charge in [-0.1, -0.05) is 13.3 Å². The molecule has 6 heteroatoms. The molecule has 3 heterocycles. The van der Waals surface area contributed by atoms with Gasteiger partial charge in [-0.2, -0.15) is 0 Å². The van der Waals surface area contributed by atoms with Crippen molar-refractivity contribution in [2.24, 2.45) is 22.7 Å². The highest BCUT2D eigenvalue weighted by Gasteiger charge is 2.78. The number of aliphatic hydroxyl groups is 1. The van der Waals surface area contributed by atoms with Gasteiger partial charge in [-0.05, 0) is 51.9 Å². The molecule has 5 rings (SSSR count). The molecule has 0 amide bonds. The van der Waals surface area contributed by atoms with E-state index in [2.05, 4.69) is 6.92 Å².